The zero-order chi connectivity index (χ0) is 55.2. The Morgan fingerprint density at radius 1 is 0.244 bits per heavy atom. The van der Waals surface area contributed by atoms with E-state index in [2.05, 4.69) is 306 Å². The van der Waals surface area contributed by atoms with Gasteiger partial charge in [0.1, 0.15) is 0 Å². The Labute approximate surface area is 479 Å². The Balaban J connectivity index is 1.06. The van der Waals surface area contributed by atoms with Gasteiger partial charge in [-0.3, -0.25) is 0 Å². The first-order chi connectivity index (χ1) is 40.0. The van der Waals surface area contributed by atoms with Crippen molar-refractivity contribution in [1.29, 1.82) is 0 Å². The average molecular weight is 1050 g/mol. The minimum absolute atomic E-state index is 0.220. The van der Waals surface area contributed by atoms with Gasteiger partial charge in [0.25, 0.3) is 0 Å². The number of hydrogen-bond donors (Lipinski definition) is 0. The highest BCUT2D eigenvalue weighted by molar-refractivity contribution is 6.28. The zero-order valence-electron chi connectivity index (χ0n) is 47.1. The van der Waals surface area contributed by atoms with Gasteiger partial charge in [-0.05, 0) is 168 Å². The Morgan fingerprint density at radius 2 is 0.561 bits per heavy atom. The van der Waals surface area contributed by atoms with Crippen molar-refractivity contribution in [2.24, 2.45) is 0 Å². The molecule has 0 amide bonds. The molecule has 0 N–H and O–H groups in total. The van der Waals surface area contributed by atoms with Crippen molar-refractivity contribution in [2.45, 2.75) is 38.5 Å². The molecule has 2 heteroatoms. The second-order valence-corrected chi connectivity index (χ2v) is 24.0. The second-order valence-electron chi connectivity index (χ2n) is 24.0. The van der Waals surface area contributed by atoms with Gasteiger partial charge < -0.3 is 9.80 Å². The summed E-state index contributed by atoms with van der Waals surface area (Å²) in [6.45, 7) is 9.57. The molecule has 0 aromatic heterocycles. The van der Waals surface area contributed by atoms with E-state index in [0.717, 1.165) is 0 Å². The maximum absolute atomic E-state index is 2.55. The first-order valence-electron chi connectivity index (χ1n) is 28.9. The third-order valence-electron chi connectivity index (χ3n) is 19.0. The molecule has 0 bridgehead atoms. The van der Waals surface area contributed by atoms with Gasteiger partial charge in [0, 0.05) is 47.4 Å². The third kappa shape index (κ3) is 6.94. The fraction of sp³-hybridized carbons (Fsp3) is 0.100. The molecule has 14 aromatic rings. The number of para-hydroxylation sites is 4. The highest BCUT2D eigenvalue weighted by atomic mass is 15.1. The van der Waals surface area contributed by atoms with Crippen molar-refractivity contribution in [3.8, 4) is 55.6 Å². The highest BCUT2D eigenvalue weighted by Crippen LogP contribution is 2.57. The summed E-state index contributed by atoms with van der Waals surface area (Å²) in [5.74, 6) is 0. The molecular weight excluding hydrogens is 989 g/mol. The summed E-state index contributed by atoms with van der Waals surface area (Å²) in [6, 6.07) is 96.7. The number of fused-ring (bicyclic) bond motifs is 10. The Morgan fingerprint density at radius 3 is 0.976 bits per heavy atom. The van der Waals surface area contributed by atoms with Crippen LogP contribution in [0.4, 0.5) is 22.7 Å². The van der Waals surface area contributed by atoms with Crippen LogP contribution in [0.2, 0.25) is 0 Å². The molecule has 0 saturated carbocycles. The molecule has 16 rings (SSSR count). The molecule has 82 heavy (non-hydrogen) atoms. The van der Waals surface area contributed by atoms with Crippen LogP contribution in [0.15, 0.2) is 255 Å². The zero-order valence-corrected chi connectivity index (χ0v) is 47.1. The van der Waals surface area contributed by atoms with Gasteiger partial charge in [-0.25, -0.2) is 0 Å². The third-order valence-corrected chi connectivity index (χ3v) is 19.0. The molecule has 0 saturated heterocycles. The van der Waals surface area contributed by atoms with Crippen LogP contribution in [-0.2, 0) is 10.8 Å². The lowest BCUT2D eigenvalue weighted by atomic mass is 9.72. The van der Waals surface area contributed by atoms with Crippen molar-refractivity contribution >= 4 is 87.4 Å². The number of hydrogen-bond acceptors (Lipinski definition) is 2. The van der Waals surface area contributed by atoms with Crippen molar-refractivity contribution in [3.63, 3.8) is 0 Å². The van der Waals surface area contributed by atoms with Crippen LogP contribution in [0.1, 0.15) is 49.9 Å². The van der Waals surface area contributed by atoms with Gasteiger partial charge in [0.05, 0.1) is 11.4 Å². The minimum Gasteiger partial charge on any atom is -0.344 e. The van der Waals surface area contributed by atoms with Gasteiger partial charge in [0.15, 0.2) is 0 Å². The van der Waals surface area contributed by atoms with Crippen LogP contribution < -0.4 is 9.80 Å². The van der Waals surface area contributed by atoms with E-state index in [1.807, 2.05) is 0 Å². The molecule has 0 radical (unpaired) electrons. The number of rotatable bonds is 5. The van der Waals surface area contributed by atoms with Gasteiger partial charge in [0.2, 0.25) is 0 Å². The number of benzene rings is 14. The van der Waals surface area contributed by atoms with E-state index in [1.165, 1.54) is 165 Å². The molecule has 2 aliphatic heterocycles. The fourth-order valence-electron chi connectivity index (χ4n) is 14.9. The minimum atomic E-state index is -0.220. The average Bonchev–Trinajstić information content (AvgIpc) is 2.30. The first-order valence-corrected chi connectivity index (χ1v) is 28.9. The van der Waals surface area contributed by atoms with Gasteiger partial charge in [-0.15, -0.1) is 0 Å². The number of nitrogens with zero attached hydrogens (tertiary/aromatic N) is 2. The first kappa shape index (κ1) is 48.2. The lowest BCUT2D eigenvalue weighted by Gasteiger charge is -2.41. The Kier molecular flexibility index (Phi) is 10.5. The van der Waals surface area contributed by atoms with Crippen LogP contribution in [-0.4, -0.2) is 14.1 Å². The monoisotopic (exact) mass is 1050 g/mol. The van der Waals surface area contributed by atoms with E-state index in [9.17, 15) is 0 Å². The topological polar surface area (TPSA) is 6.48 Å². The van der Waals surface area contributed by atoms with E-state index < -0.39 is 0 Å². The van der Waals surface area contributed by atoms with Crippen LogP contribution in [0.5, 0.6) is 0 Å². The maximum Gasteiger partial charge on any atom is 0.0529 e. The van der Waals surface area contributed by atoms with Crippen LogP contribution in [0.3, 0.4) is 0 Å². The fourth-order valence-corrected chi connectivity index (χ4v) is 14.9. The molecule has 2 aliphatic rings. The standard InChI is InChI=1S/C80H60N2/c1-79(2)69-35-11-13-39-73(69)81(5)77-63(33-19-37-71(77)79)57-27-17-31-61-67(57)48-68-58(64-34-20-38-72-78(64)82(6)74-40-14-12-36-70(74)80(72,3)4)28-18-32-62(68)76(61)75-59-29-15-25-55(53-43-41-49-21-7-9-23-51(49)45-53)65(59)47-66-56(26-16-30-60(66)75)54-44-42-50-22-8-10-24-52(50)46-54/h7-48H,1-6H3. The van der Waals surface area contributed by atoms with Crippen LogP contribution in [0, 0.1) is 0 Å². The van der Waals surface area contributed by atoms with E-state index in [1.54, 1.807) is 0 Å². The number of anilines is 4. The van der Waals surface area contributed by atoms with Crippen molar-refractivity contribution < 1.29 is 0 Å². The maximum atomic E-state index is 2.55. The summed E-state index contributed by atoms with van der Waals surface area (Å²) >= 11 is 0. The normalized spacial score (nSPS) is 14.1. The molecule has 0 aliphatic carbocycles. The predicted octanol–water partition coefficient (Wildman–Crippen LogP) is 21.8. The molecule has 0 atom stereocenters. The summed E-state index contributed by atoms with van der Waals surface area (Å²) in [5, 5.41) is 14.7. The molecule has 0 unspecified atom stereocenters. The molecule has 390 valence electrons. The van der Waals surface area contributed by atoms with Crippen LogP contribution >= 0.6 is 0 Å². The van der Waals surface area contributed by atoms with E-state index in [4.69, 9.17) is 0 Å². The summed E-state index contributed by atoms with van der Waals surface area (Å²) in [5.41, 5.74) is 22.1. The summed E-state index contributed by atoms with van der Waals surface area (Å²) < 4.78 is 0. The molecule has 2 nitrogen and oxygen atoms in total. The van der Waals surface area contributed by atoms with Gasteiger partial charge in [-0.2, -0.15) is 0 Å². The molecule has 0 fully saturated rings. The molecule has 2 heterocycles. The Bertz CT molecular complexity index is 4730. The van der Waals surface area contributed by atoms with Crippen molar-refractivity contribution in [1.82, 2.24) is 0 Å². The molecular formula is C80H60N2. The van der Waals surface area contributed by atoms with Crippen molar-refractivity contribution in [2.75, 3.05) is 23.9 Å². The SMILES string of the molecule is CN1c2ccccc2C(C)(C)c2cccc(-c3cccc4c(-c5c6cccc(-c7ccc8ccccc8c7)c6cc6c(-c7ccc8ccccc8c7)cccc56)c5cccc(-c6cccc7c6N(C)c6ccccc6C7(C)C)c5cc34)c21. The van der Waals surface area contributed by atoms with Crippen molar-refractivity contribution in [3.05, 3.63) is 277 Å². The molecule has 14 aromatic carbocycles. The summed E-state index contributed by atoms with van der Waals surface area (Å²) in [7, 11) is 4.52. The predicted molar refractivity (Wildman–Crippen MR) is 352 cm³/mol. The second kappa shape index (κ2) is 17.9. The molecule has 0 spiro atoms. The summed E-state index contributed by atoms with van der Waals surface area (Å²) in [6.07, 6.45) is 0. The van der Waals surface area contributed by atoms with E-state index in [-0.39, 0.29) is 10.8 Å². The highest BCUT2D eigenvalue weighted by Gasteiger charge is 2.38. The smallest absolute Gasteiger partial charge is 0.0529 e. The summed E-state index contributed by atoms with van der Waals surface area (Å²) in [4.78, 5) is 4.90. The van der Waals surface area contributed by atoms with Gasteiger partial charge >= 0.3 is 0 Å². The Hall–Kier alpha value is -9.76. The largest absolute Gasteiger partial charge is 0.344 e. The van der Waals surface area contributed by atoms with E-state index in [0.29, 0.717) is 0 Å². The lowest BCUT2D eigenvalue weighted by molar-refractivity contribution is 0.630. The quantitative estimate of drug-likeness (QED) is 0.159. The van der Waals surface area contributed by atoms with E-state index >= 15 is 0 Å². The lowest BCUT2D eigenvalue weighted by Crippen LogP contribution is -2.31. The van der Waals surface area contributed by atoms with Crippen LogP contribution in [0.25, 0.3) is 120 Å². The van der Waals surface area contributed by atoms with Gasteiger partial charge in [-0.1, -0.05) is 246 Å².